The Balaban J connectivity index is 1.68. The fourth-order valence-electron chi connectivity index (χ4n) is 3.54. The van der Waals surface area contributed by atoms with E-state index >= 15 is 0 Å². The highest BCUT2D eigenvalue weighted by Crippen LogP contribution is 2.44. The fraction of sp³-hybridized carbons (Fsp3) is 0.583. The molecule has 194 valence electrons. The molecule has 2 aliphatic carbocycles. The highest BCUT2D eigenvalue weighted by Gasteiger charge is 2.45. The molecule has 2 fully saturated rings. The molecule has 6 atom stereocenters. The van der Waals surface area contributed by atoms with Crippen LogP contribution in [0.3, 0.4) is 0 Å². The third kappa shape index (κ3) is 4.92. The highest BCUT2D eigenvalue weighted by molar-refractivity contribution is 7.99. The summed E-state index contributed by atoms with van der Waals surface area (Å²) >= 11 is 0.464. The van der Waals surface area contributed by atoms with Gasteiger partial charge in [-0.1, -0.05) is 36.0 Å². The minimum atomic E-state index is -4.07. The molecule has 0 amide bonds. The van der Waals surface area contributed by atoms with Crippen LogP contribution in [0.5, 0.6) is 0 Å². The third-order valence-corrected chi connectivity index (χ3v) is 6.20. The second kappa shape index (κ2) is 10.5. The Morgan fingerprint density at radius 2 is 2.17 bits per heavy atom. The predicted octanol–water partition coefficient (Wildman–Crippen LogP) is 2.18. The van der Waals surface area contributed by atoms with Crippen molar-refractivity contribution in [2.24, 2.45) is 0 Å². The quantitative estimate of drug-likeness (QED) is 0.228. The Morgan fingerprint density at radius 1 is 1.33 bits per heavy atom. The number of benzene rings is 1. The number of nitrogens with one attached hydrogen (secondary N) is 1. The van der Waals surface area contributed by atoms with E-state index in [9.17, 15) is 19.7 Å². The van der Waals surface area contributed by atoms with Gasteiger partial charge in [-0.2, -0.15) is 0 Å². The van der Waals surface area contributed by atoms with Gasteiger partial charge in [-0.05, 0) is 36.9 Å². The second-order valence-electron chi connectivity index (χ2n) is 7.85. The minimum absolute atomic E-state index is 0.0636. The fourth-order valence-corrected chi connectivity index (χ4v) is 4.08. The van der Waals surface area contributed by atoms with Gasteiger partial charge in [0.2, 0.25) is 0 Å². The Morgan fingerprint density at radius 3 is 2.92 bits per heavy atom. The van der Waals surface area contributed by atoms with Crippen molar-refractivity contribution in [2.75, 3.05) is 24.2 Å². The monoisotopic (exact) mass is 530 g/mol. The number of hydrogen-bond acceptors (Lipinski definition) is 10. The van der Waals surface area contributed by atoms with Crippen LogP contribution in [0.4, 0.5) is 10.2 Å². The zero-order valence-corrected chi connectivity index (χ0v) is 19.9. The van der Waals surface area contributed by atoms with Crippen molar-refractivity contribution < 1.29 is 40.9 Å². The van der Waals surface area contributed by atoms with Gasteiger partial charge >= 0.3 is 0 Å². The zero-order valence-electron chi connectivity index (χ0n) is 31.1. The maximum atomic E-state index is 14.4. The van der Waals surface area contributed by atoms with Crippen LogP contribution in [0.1, 0.15) is 65.6 Å². The lowest BCUT2D eigenvalue weighted by atomic mass is 10.1. The third-order valence-electron chi connectivity index (χ3n) is 5.41. The lowest BCUT2D eigenvalue weighted by Gasteiger charge is -2.17. The molecule has 4 N–H and O–H groups in total. The number of hydrogen-bond donors (Lipinski definition) is 4. The number of aryl methyl sites for hydroxylation is 1. The molecule has 0 unspecified atom stereocenters. The number of aromatic nitrogens is 5. The maximum Gasteiger partial charge on any atom is 0.191 e. The van der Waals surface area contributed by atoms with Crippen molar-refractivity contribution in [2.45, 2.75) is 74.4 Å². The van der Waals surface area contributed by atoms with Crippen molar-refractivity contribution in [3.05, 3.63) is 35.1 Å². The SMILES string of the molecule is [2H]C([2H])(O)CO[C@@]1([2H])C([2H])([2H])[C@@]([2H])(n2nnc3c(N[C@H]4[C@H](c5ccc(C)c(F)c5)C4([2H])[2H])nc(SC([2H])([2H])CC)nc32)[C@]([2H])(O)[C@]1([2H])O. The summed E-state index contributed by atoms with van der Waals surface area (Å²) in [6.07, 6.45) is -17.9. The zero-order chi connectivity index (χ0) is 36.3. The molecule has 3 aromatic rings. The maximum absolute atomic E-state index is 14.4. The van der Waals surface area contributed by atoms with E-state index in [-0.39, 0.29) is 16.9 Å². The first-order valence-electron chi connectivity index (χ1n) is 16.9. The molecule has 2 saturated carbocycles. The molecule has 0 radical (unpaired) electrons. The average molecular weight is 531 g/mol. The summed E-state index contributed by atoms with van der Waals surface area (Å²) in [5.74, 6) is -1.79. The van der Waals surface area contributed by atoms with E-state index in [0.717, 1.165) is 0 Å². The largest absolute Gasteiger partial charge is 0.394 e. The molecule has 10 nitrogen and oxygen atoms in total. The number of halogens is 1. The van der Waals surface area contributed by atoms with E-state index < -0.39 is 90.0 Å². The van der Waals surface area contributed by atoms with Crippen molar-refractivity contribution in [1.29, 1.82) is 0 Å². The first-order chi connectivity index (χ1) is 21.7. The molecular formula is C24H31FN6O4S. The van der Waals surface area contributed by atoms with Crippen LogP contribution in [-0.2, 0) is 4.74 Å². The van der Waals surface area contributed by atoms with E-state index in [4.69, 9.17) is 21.2 Å². The van der Waals surface area contributed by atoms with E-state index in [1.165, 1.54) is 19.1 Å². The number of aliphatic hydroxyl groups is 3. The van der Waals surface area contributed by atoms with Gasteiger partial charge in [0, 0.05) is 32.3 Å². The molecule has 0 spiro atoms. The number of anilines is 1. The van der Waals surface area contributed by atoms with Gasteiger partial charge in [-0.3, -0.25) is 0 Å². The number of rotatable bonds is 10. The molecule has 2 aromatic heterocycles. The lowest BCUT2D eigenvalue weighted by Crippen LogP contribution is -2.33. The topological polar surface area (TPSA) is 138 Å². The summed E-state index contributed by atoms with van der Waals surface area (Å²) < 4.78 is 119. The molecule has 1 aromatic carbocycles. The van der Waals surface area contributed by atoms with Crippen molar-refractivity contribution in [3.8, 4) is 0 Å². The standard InChI is InChI=1S/C24H31FN6O4S/c1-3-8-36-24-27-22(26-16-10-14(16)13-5-4-12(2)15(25)9-13)19-23(28-24)31(30-29-19)17-11-18(35-7-6-32)21(34)20(17)33/h4-5,9,14,16-18,20-21,32-34H,3,6-8,10-11H2,1-2H3,(H,26,27,28)/t14-,16+,17+,18-,20-,21+/m0/s1/i6D2,8D2,10D2,11D2,17D,18D,20D,21D. The van der Waals surface area contributed by atoms with Gasteiger partial charge < -0.3 is 25.4 Å². The summed E-state index contributed by atoms with van der Waals surface area (Å²) in [6, 6.07) is -0.617. The van der Waals surface area contributed by atoms with Crippen LogP contribution in [0.15, 0.2) is 23.4 Å². The predicted molar refractivity (Wildman–Crippen MR) is 133 cm³/mol. The normalized spacial score (nSPS) is 44.3. The summed E-state index contributed by atoms with van der Waals surface area (Å²) in [7, 11) is 0. The van der Waals surface area contributed by atoms with Crippen LogP contribution in [0.25, 0.3) is 11.2 Å². The first kappa shape index (κ1) is 14.5. The van der Waals surface area contributed by atoms with Crippen LogP contribution >= 0.6 is 11.8 Å². The molecule has 5 rings (SSSR count). The number of thioether (sulfide) groups is 1. The average Bonchev–Trinajstić information content (AvgIpc) is 3.24. The summed E-state index contributed by atoms with van der Waals surface area (Å²) in [6.45, 7) is -1.70. The number of nitrogens with zero attached hydrogens (tertiary/aromatic N) is 5. The highest BCUT2D eigenvalue weighted by atomic mass is 32.2. The van der Waals surface area contributed by atoms with Crippen molar-refractivity contribution in [3.63, 3.8) is 0 Å². The van der Waals surface area contributed by atoms with Gasteiger partial charge in [-0.25, -0.2) is 19.0 Å². The lowest BCUT2D eigenvalue weighted by molar-refractivity contribution is -0.0629. The van der Waals surface area contributed by atoms with Gasteiger partial charge in [-0.15, -0.1) is 5.10 Å². The summed E-state index contributed by atoms with van der Waals surface area (Å²) in [5.41, 5.74) is -2.46. The smallest absolute Gasteiger partial charge is 0.191 e. The molecule has 12 heteroatoms. The van der Waals surface area contributed by atoms with Gasteiger partial charge in [0.05, 0.1) is 33.5 Å². The van der Waals surface area contributed by atoms with Crippen molar-refractivity contribution >= 4 is 28.7 Å². The van der Waals surface area contributed by atoms with Gasteiger partial charge in [0.1, 0.15) is 18.0 Å². The molecule has 0 bridgehead atoms. The Kier molecular flexibility index (Phi) is 4.25. The Labute approximate surface area is 229 Å². The molecule has 2 aliphatic rings. The van der Waals surface area contributed by atoms with Crippen molar-refractivity contribution in [1.82, 2.24) is 25.0 Å². The van der Waals surface area contributed by atoms with Gasteiger partial charge in [0.25, 0.3) is 0 Å². The van der Waals surface area contributed by atoms with E-state index in [2.05, 4.69) is 25.6 Å². The molecule has 36 heavy (non-hydrogen) atoms. The minimum Gasteiger partial charge on any atom is -0.394 e. The van der Waals surface area contributed by atoms with E-state index in [1.54, 1.807) is 13.0 Å². The van der Waals surface area contributed by atoms with Crippen LogP contribution in [-0.4, -0.2) is 83.4 Å². The number of fused-ring (bicyclic) bond motifs is 1. The molecular weight excluding hydrogens is 487 g/mol. The van der Waals surface area contributed by atoms with Crippen LogP contribution in [0, 0.1) is 12.7 Å². The van der Waals surface area contributed by atoms with Gasteiger partial charge in [0.15, 0.2) is 22.1 Å². The first-order valence-corrected chi connectivity index (χ1v) is 11.7. The Bertz CT molecular complexity index is 1760. The molecule has 0 aliphatic heterocycles. The van der Waals surface area contributed by atoms with Crippen LogP contribution in [0.2, 0.25) is 0 Å². The summed E-state index contributed by atoms with van der Waals surface area (Å²) in [5, 5.41) is 41.6. The molecule has 0 saturated heterocycles. The second-order valence-corrected chi connectivity index (χ2v) is 8.71. The molecule has 2 heterocycles. The summed E-state index contributed by atoms with van der Waals surface area (Å²) in [4.78, 5) is 8.38. The number of ether oxygens (including phenoxy) is 1. The van der Waals surface area contributed by atoms with Crippen LogP contribution < -0.4 is 5.32 Å². The Hall–Kier alpha value is -2.38. The van der Waals surface area contributed by atoms with E-state index in [1.807, 2.05) is 0 Å². The van der Waals surface area contributed by atoms with E-state index in [0.29, 0.717) is 22.9 Å².